The average Bonchev–Trinajstić information content (AvgIpc) is 2.92. The highest BCUT2D eigenvalue weighted by atomic mass is 79.9. The van der Waals surface area contributed by atoms with E-state index in [0.29, 0.717) is 0 Å². The van der Waals surface area contributed by atoms with Gasteiger partial charge < -0.3 is 19.5 Å². The van der Waals surface area contributed by atoms with E-state index in [9.17, 15) is 20.0 Å². The first-order valence-corrected chi connectivity index (χ1v) is 8.75. The topological polar surface area (TPSA) is 102 Å². The number of amides is 1. The third kappa shape index (κ3) is 3.05. The van der Waals surface area contributed by atoms with Gasteiger partial charge in [-0.15, -0.1) is 0 Å². The Morgan fingerprint density at radius 1 is 1.44 bits per heavy atom. The van der Waals surface area contributed by atoms with Crippen LogP contribution in [-0.2, 0) is 20.8 Å². The number of likely N-dealkylation sites (tertiary alicyclic amines) is 1. The maximum absolute atomic E-state index is 12.6. The predicted molar refractivity (Wildman–Crippen MR) is 90.3 cm³/mol. The molecule has 2 aliphatic rings. The van der Waals surface area contributed by atoms with E-state index in [1.165, 1.54) is 4.90 Å². The zero-order chi connectivity index (χ0) is 18.4. The summed E-state index contributed by atoms with van der Waals surface area (Å²) in [6.07, 6.45) is -0.665. The molecule has 1 N–H and O–H groups in total. The number of benzene rings is 1. The van der Waals surface area contributed by atoms with Gasteiger partial charge in [0.05, 0.1) is 6.61 Å². The van der Waals surface area contributed by atoms with E-state index in [-0.39, 0.29) is 13.2 Å². The number of rotatable bonds is 5. The van der Waals surface area contributed by atoms with E-state index >= 15 is 0 Å². The molecule has 0 bridgehead atoms. The summed E-state index contributed by atoms with van der Waals surface area (Å²) in [7, 11) is 0. The Hall–Kier alpha value is -1.55. The first-order chi connectivity index (χ1) is 11.7. The molecular formula is C16H19BrN2O6. The Morgan fingerprint density at radius 2 is 2.08 bits per heavy atom. The number of carbonyl (C=O) groups is 1. The van der Waals surface area contributed by atoms with Crippen LogP contribution in [0.25, 0.3) is 0 Å². The van der Waals surface area contributed by atoms with E-state index in [2.05, 4.69) is 15.9 Å². The van der Waals surface area contributed by atoms with Gasteiger partial charge >= 0.3 is 4.95 Å². The summed E-state index contributed by atoms with van der Waals surface area (Å²) >= 11 is 2.85. The van der Waals surface area contributed by atoms with Crippen LogP contribution in [0, 0.1) is 10.1 Å². The molecule has 9 heteroatoms. The number of ether oxygens (including phenoxy) is 2. The van der Waals surface area contributed by atoms with Crippen LogP contribution < -0.4 is 0 Å². The standard InChI is InChI=1S/C16H19BrN2O6/c1-15(2)24-9-11(25-15)12-16(21,13(17)19(22)23)14(20)18(12)8-10-6-4-3-5-7-10/h3-7,11-13,21H,8-9H2,1-2H3/t11-,12+,13+,16+/m1/s1. The largest absolute Gasteiger partial charge is 0.372 e. The average molecular weight is 415 g/mol. The van der Waals surface area contributed by atoms with Gasteiger partial charge in [0.15, 0.2) is 5.79 Å². The lowest BCUT2D eigenvalue weighted by atomic mass is 9.78. The van der Waals surface area contributed by atoms with Crippen molar-refractivity contribution in [3.8, 4) is 0 Å². The van der Waals surface area contributed by atoms with E-state index in [4.69, 9.17) is 9.47 Å². The van der Waals surface area contributed by atoms with E-state index in [0.717, 1.165) is 5.56 Å². The van der Waals surface area contributed by atoms with Crippen LogP contribution in [0.2, 0.25) is 0 Å². The Labute approximate surface area is 153 Å². The normalized spacial score (nSPS) is 32.3. The van der Waals surface area contributed by atoms with Gasteiger partial charge in [0.25, 0.3) is 5.91 Å². The molecule has 0 spiro atoms. The van der Waals surface area contributed by atoms with Crippen molar-refractivity contribution in [2.24, 2.45) is 0 Å². The summed E-state index contributed by atoms with van der Waals surface area (Å²) in [6, 6.07) is 8.32. The quantitative estimate of drug-likeness (QED) is 0.256. The molecule has 8 nitrogen and oxygen atoms in total. The monoisotopic (exact) mass is 414 g/mol. The maximum Gasteiger partial charge on any atom is 0.305 e. The Kier molecular flexibility index (Phi) is 4.61. The first-order valence-electron chi connectivity index (χ1n) is 7.83. The molecule has 136 valence electrons. The molecule has 2 aliphatic heterocycles. The van der Waals surface area contributed by atoms with Crippen molar-refractivity contribution in [2.75, 3.05) is 6.61 Å². The second kappa shape index (κ2) is 6.31. The number of aliphatic hydroxyl groups is 1. The van der Waals surface area contributed by atoms with Crippen LogP contribution in [0.4, 0.5) is 0 Å². The number of β-lactam (4-membered cyclic amide) rings is 1. The SMILES string of the molecule is CC1(C)OC[C@H]([C@@H]2N(Cc3ccccc3)C(=O)[C@@]2(O)[C@@H](Br)[N+](=O)[O-])O1. The number of carbonyl (C=O) groups excluding carboxylic acids is 1. The molecule has 0 radical (unpaired) electrons. The molecule has 25 heavy (non-hydrogen) atoms. The summed E-state index contributed by atoms with van der Waals surface area (Å²) in [5.41, 5.74) is -1.33. The first kappa shape index (κ1) is 18.2. The summed E-state index contributed by atoms with van der Waals surface area (Å²) in [5, 5.41) is 22.0. The van der Waals surface area contributed by atoms with Crippen molar-refractivity contribution >= 4 is 21.8 Å². The minimum Gasteiger partial charge on any atom is -0.372 e. The van der Waals surface area contributed by atoms with Crippen molar-refractivity contribution in [3.05, 3.63) is 46.0 Å². The lowest BCUT2D eigenvalue weighted by molar-refractivity contribution is -0.517. The van der Waals surface area contributed by atoms with Crippen molar-refractivity contribution in [1.29, 1.82) is 0 Å². The predicted octanol–water partition coefficient (Wildman–Crippen LogP) is 1.28. The Morgan fingerprint density at radius 3 is 2.60 bits per heavy atom. The smallest absolute Gasteiger partial charge is 0.305 e. The van der Waals surface area contributed by atoms with Crippen molar-refractivity contribution in [1.82, 2.24) is 4.90 Å². The molecule has 1 aromatic carbocycles. The summed E-state index contributed by atoms with van der Waals surface area (Å²) in [4.78, 5) is 22.9. The van der Waals surface area contributed by atoms with E-state index in [1.807, 2.05) is 30.3 Å². The molecule has 1 aromatic rings. The molecule has 0 aromatic heterocycles. The summed E-state index contributed by atoms with van der Waals surface area (Å²) in [6.45, 7) is 3.79. The van der Waals surface area contributed by atoms with Crippen LogP contribution in [-0.4, -0.2) is 55.9 Å². The summed E-state index contributed by atoms with van der Waals surface area (Å²) < 4.78 is 11.3. The molecule has 1 amide bonds. The van der Waals surface area contributed by atoms with E-state index < -0.39 is 39.3 Å². The lowest BCUT2D eigenvalue weighted by Gasteiger charge is -2.53. The van der Waals surface area contributed by atoms with Gasteiger partial charge in [-0.3, -0.25) is 14.9 Å². The molecule has 3 rings (SSSR count). The van der Waals surface area contributed by atoms with Gasteiger partial charge in [-0.1, -0.05) is 30.3 Å². The second-order valence-electron chi connectivity index (χ2n) is 6.68. The van der Waals surface area contributed by atoms with Crippen LogP contribution >= 0.6 is 15.9 Å². The number of hydrogen-bond acceptors (Lipinski definition) is 6. The molecule has 2 fully saturated rings. The van der Waals surface area contributed by atoms with Gasteiger partial charge in [-0.25, -0.2) is 0 Å². The molecule has 0 saturated carbocycles. The third-order valence-corrected chi connectivity index (χ3v) is 5.55. The van der Waals surface area contributed by atoms with Crippen LogP contribution in [0.1, 0.15) is 19.4 Å². The number of halogens is 1. The number of nitrogens with zero attached hydrogens (tertiary/aromatic N) is 2. The molecular weight excluding hydrogens is 396 g/mol. The fraction of sp³-hybridized carbons (Fsp3) is 0.562. The van der Waals surface area contributed by atoms with Crippen molar-refractivity contribution < 1.29 is 24.3 Å². The Bertz CT molecular complexity index is 684. The minimum absolute atomic E-state index is 0.135. The fourth-order valence-corrected chi connectivity index (χ4v) is 3.83. The highest BCUT2D eigenvalue weighted by Crippen LogP contribution is 2.43. The molecule has 2 heterocycles. The van der Waals surface area contributed by atoms with Crippen LogP contribution in [0.5, 0.6) is 0 Å². The van der Waals surface area contributed by atoms with E-state index in [1.54, 1.807) is 13.8 Å². The highest BCUT2D eigenvalue weighted by molar-refractivity contribution is 9.09. The van der Waals surface area contributed by atoms with Gasteiger partial charge in [0, 0.05) is 27.4 Å². The van der Waals surface area contributed by atoms with Gasteiger partial charge in [0.1, 0.15) is 12.1 Å². The van der Waals surface area contributed by atoms with Crippen LogP contribution in [0.15, 0.2) is 30.3 Å². The maximum atomic E-state index is 12.6. The second-order valence-corrected chi connectivity index (χ2v) is 7.54. The van der Waals surface area contributed by atoms with Crippen LogP contribution in [0.3, 0.4) is 0 Å². The molecule has 0 unspecified atom stereocenters. The molecule has 2 saturated heterocycles. The zero-order valence-corrected chi connectivity index (χ0v) is 15.4. The third-order valence-electron chi connectivity index (χ3n) is 4.52. The van der Waals surface area contributed by atoms with Crippen molar-refractivity contribution in [2.45, 2.75) is 48.9 Å². The highest BCUT2D eigenvalue weighted by Gasteiger charge is 2.71. The minimum atomic E-state index is -2.19. The fourth-order valence-electron chi connectivity index (χ4n) is 3.36. The van der Waals surface area contributed by atoms with Gasteiger partial charge in [-0.05, 0) is 19.4 Å². The van der Waals surface area contributed by atoms with Gasteiger partial charge in [0.2, 0.25) is 5.60 Å². The lowest BCUT2D eigenvalue weighted by Crippen LogP contribution is -2.81. The van der Waals surface area contributed by atoms with Gasteiger partial charge in [-0.2, -0.15) is 0 Å². The number of nitro groups is 1. The molecule has 4 atom stereocenters. The molecule has 0 aliphatic carbocycles. The Balaban J connectivity index is 1.90. The van der Waals surface area contributed by atoms with Crippen molar-refractivity contribution in [3.63, 3.8) is 0 Å². The zero-order valence-electron chi connectivity index (χ0n) is 13.8. The number of hydrogen-bond donors (Lipinski definition) is 1. The number of alkyl halides is 1. The summed E-state index contributed by atoms with van der Waals surface area (Å²) in [5.74, 6) is -1.58.